The fraction of sp³-hybridized carbons (Fsp3) is 0.417. The SMILES string of the molecule is C=C1C(CO)C(O)CC1n1cnc2nc[nH]c2c1=O.[H+]. The van der Waals surface area contributed by atoms with Gasteiger partial charge in [0, 0.05) is 5.92 Å². The monoisotopic (exact) mass is 263 g/mol. The van der Waals surface area contributed by atoms with Gasteiger partial charge in [-0.3, -0.25) is 9.36 Å². The summed E-state index contributed by atoms with van der Waals surface area (Å²) in [5.41, 5.74) is 1.10. The van der Waals surface area contributed by atoms with E-state index in [1.54, 1.807) is 0 Å². The van der Waals surface area contributed by atoms with Gasteiger partial charge in [0.1, 0.15) is 6.33 Å². The van der Waals surface area contributed by atoms with E-state index in [9.17, 15) is 15.0 Å². The number of rotatable bonds is 2. The summed E-state index contributed by atoms with van der Waals surface area (Å²) in [4.78, 5) is 23.1. The summed E-state index contributed by atoms with van der Waals surface area (Å²) in [5.74, 6) is -0.394. The lowest BCUT2D eigenvalue weighted by molar-refractivity contribution is 0.101. The zero-order valence-corrected chi connectivity index (χ0v) is 10.2. The maximum atomic E-state index is 12.3. The number of aromatic amines is 1. The molecule has 0 amide bonds. The predicted octanol–water partition coefficient (Wildman–Crippen LogP) is -0.298. The average molecular weight is 263 g/mol. The molecule has 3 unspecified atom stereocenters. The lowest BCUT2D eigenvalue weighted by Gasteiger charge is -2.15. The number of imidazole rings is 1. The first-order valence-electron chi connectivity index (χ1n) is 6.01. The van der Waals surface area contributed by atoms with E-state index in [1.165, 1.54) is 17.2 Å². The predicted molar refractivity (Wildman–Crippen MR) is 68.6 cm³/mol. The Hall–Kier alpha value is -1.99. The van der Waals surface area contributed by atoms with Gasteiger partial charge in [-0.15, -0.1) is 0 Å². The molecular weight excluding hydrogens is 248 g/mol. The topological polar surface area (TPSA) is 104 Å². The smallest absolute Gasteiger partial charge is 0.396 e. The van der Waals surface area contributed by atoms with Crippen LogP contribution in [0.5, 0.6) is 0 Å². The van der Waals surface area contributed by atoms with Crippen molar-refractivity contribution in [1.82, 2.24) is 19.5 Å². The van der Waals surface area contributed by atoms with Crippen LogP contribution in [0.2, 0.25) is 0 Å². The number of fused-ring (bicyclic) bond motifs is 1. The fourth-order valence-corrected chi connectivity index (χ4v) is 2.63. The highest BCUT2D eigenvalue weighted by molar-refractivity contribution is 5.67. The van der Waals surface area contributed by atoms with Gasteiger partial charge in [0.25, 0.3) is 5.56 Å². The summed E-state index contributed by atoms with van der Waals surface area (Å²) in [7, 11) is 0. The minimum Gasteiger partial charge on any atom is -0.396 e. The third-order valence-electron chi connectivity index (χ3n) is 3.74. The highest BCUT2D eigenvalue weighted by Gasteiger charge is 2.37. The minimum atomic E-state index is -0.688. The number of nitrogens with one attached hydrogen (secondary N) is 1. The van der Waals surface area contributed by atoms with Crippen molar-refractivity contribution in [2.24, 2.45) is 5.92 Å². The third kappa shape index (κ3) is 1.70. The van der Waals surface area contributed by atoms with Gasteiger partial charge in [0.05, 0.1) is 25.1 Å². The van der Waals surface area contributed by atoms with E-state index >= 15 is 0 Å². The number of aliphatic hydroxyl groups excluding tert-OH is 2. The van der Waals surface area contributed by atoms with Crippen molar-refractivity contribution < 1.29 is 11.6 Å². The van der Waals surface area contributed by atoms with E-state index < -0.39 is 12.0 Å². The van der Waals surface area contributed by atoms with Gasteiger partial charge in [0.2, 0.25) is 0 Å². The molecule has 0 aromatic carbocycles. The first-order chi connectivity index (χ1) is 9.13. The maximum absolute atomic E-state index is 12.3. The molecule has 3 N–H and O–H groups in total. The Bertz CT molecular complexity index is 695. The molecule has 0 bridgehead atoms. The quantitative estimate of drug-likeness (QED) is 0.645. The zero-order valence-electron chi connectivity index (χ0n) is 11.2. The molecule has 19 heavy (non-hydrogen) atoms. The number of hydrogen-bond donors (Lipinski definition) is 3. The molecule has 1 fully saturated rings. The summed E-state index contributed by atoms with van der Waals surface area (Å²) in [6.45, 7) is 3.71. The second-order valence-corrected chi connectivity index (χ2v) is 4.74. The van der Waals surface area contributed by atoms with Crippen molar-refractivity contribution >= 4 is 11.2 Å². The molecule has 1 aliphatic carbocycles. The first-order valence-corrected chi connectivity index (χ1v) is 6.01. The minimum absolute atomic E-state index is 0. The Labute approximate surface area is 109 Å². The summed E-state index contributed by atoms with van der Waals surface area (Å²) in [6, 6.07) is -0.347. The molecule has 3 rings (SSSR count). The van der Waals surface area contributed by atoms with Gasteiger partial charge < -0.3 is 15.2 Å². The van der Waals surface area contributed by atoms with Gasteiger partial charge in [-0.2, -0.15) is 0 Å². The van der Waals surface area contributed by atoms with Crippen molar-refractivity contribution in [1.29, 1.82) is 0 Å². The van der Waals surface area contributed by atoms with Crippen molar-refractivity contribution in [3.8, 4) is 0 Å². The molecule has 0 spiro atoms. The van der Waals surface area contributed by atoms with Gasteiger partial charge in [-0.25, -0.2) is 9.97 Å². The summed E-state index contributed by atoms with van der Waals surface area (Å²) >= 11 is 0. The molecule has 2 aromatic heterocycles. The molecule has 1 aliphatic rings. The summed E-state index contributed by atoms with van der Waals surface area (Å²) in [6.07, 6.45) is 2.49. The maximum Gasteiger partial charge on any atom is 1.00 e. The molecule has 7 nitrogen and oxygen atoms in total. The molecule has 0 saturated heterocycles. The largest absolute Gasteiger partial charge is 1.00 e. The lowest BCUT2D eigenvalue weighted by Crippen LogP contribution is -2.25. The van der Waals surface area contributed by atoms with E-state index in [1.807, 2.05) is 0 Å². The van der Waals surface area contributed by atoms with E-state index in [0.717, 1.165) is 0 Å². The van der Waals surface area contributed by atoms with Crippen LogP contribution in [-0.4, -0.2) is 42.4 Å². The second-order valence-electron chi connectivity index (χ2n) is 4.74. The van der Waals surface area contributed by atoms with Crippen LogP contribution >= 0.6 is 0 Å². The standard InChI is InChI=1S/C12H14N4O3/c1-6-7(3-17)9(18)2-8(6)16-5-15-11-10(12(16)19)13-4-14-11/h4-5,7-9,17-18H,1-3H2,(H,13,14)/p+1. The van der Waals surface area contributed by atoms with E-state index in [4.69, 9.17) is 0 Å². The Morgan fingerprint density at radius 1 is 1.58 bits per heavy atom. The zero-order chi connectivity index (χ0) is 13.6. The Morgan fingerprint density at radius 3 is 3.05 bits per heavy atom. The van der Waals surface area contributed by atoms with Crippen molar-refractivity contribution in [2.45, 2.75) is 18.6 Å². The highest BCUT2D eigenvalue weighted by atomic mass is 16.3. The molecule has 2 heterocycles. The van der Waals surface area contributed by atoms with Crippen LogP contribution in [0.1, 0.15) is 13.9 Å². The number of aliphatic hydroxyl groups is 2. The Balaban J connectivity index is 0.00000147. The van der Waals surface area contributed by atoms with Crippen LogP contribution in [0.15, 0.2) is 29.6 Å². The summed E-state index contributed by atoms with van der Waals surface area (Å²) in [5, 5.41) is 19.1. The number of nitrogens with zero attached hydrogens (tertiary/aromatic N) is 3. The summed E-state index contributed by atoms with van der Waals surface area (Å²) < 4.78 is 1.43. The van der Waals surface area contributed by atoms with Crippen LogP contribution in [-0.2, 0) is 0 Å². The number of hydrogen-bond acceptors (Lipinski definition) is 5. The van der Waals surface area contributed by atoms with Gasteiger partial charge in [-0.1, -0.05) is 6.58 Å². The molecule has 2 aromatic rings. The van der Waals surface area contributed by atoms with E-state index in [2.05, 4.69) is 21.5 Å². The molecule has 3 atom stereocenters. The van der Waals surface area contributed by atoms with Crippen LogP contribution in [0.3, 0.4) is 0 Å². The number of H-pyrrole nitrogens is 1. The van der Waals surface area contributed by atoms with E-state index in [0.29, 0.717) is 23.2 Å². The average Bonchev–Trinajstić information content (AvgIpc) is 2.96. The van der Waals surface area contributed by atoms with Crippen LogP contribution < -0.4 is 5.56 Å². The van der Waals surface area contributed by atoms with Gasteiger partial charge in [0.15, 0.2) is 11.2 Å². The lowest BCUT2D eigenvalue weighted by atomic mass is 10.0. The third-order valence-corrected chi connectivity index (χ3v) is 3.74. The van der Waals surface area contributed by atoms with Crippen LogP contribution in [0, 0.1) is 5.92 Å². The molecule has 1 saturated carbocycles. The first kappa shape index (κ1) is 12.1. The van der Waals surface area contributed by atoms with Gasteiger partial charge >= 0.3 is 1.43 Å². The Kier molecular flexibility index (Phi) is 2.72. The Morgan fingerprint density at radius 2 is 2.37 bits per heavy atom. The van der Waals surface area contributed by atoms with E-state index in [-0.39, 0.29) is 19.6 Å². The van der Waals surface area contributed by atoms with Crippen LogP contribution in [0.4, 0.5) is 0 Å². The molecule has 7 heteroatoms. The van der Waals surface area contributed by atoms with Crippen LogP contribution in [0.25, 0.3) is 11.2 Å². The van der Waals surface area contributed by atoms with Gasteiger partial charge in [-0.05, 0) is 12.0 Å². The molecule has 100 valence electrons. The highest BCUT2D eigenvalue weighted by Crippen LogP contribution is 2.38. The number of aromatic nitrogens is 4. The van der Waals surface area contributed by atoms with Crippen molar-refractivity contribution in [3.63, 3.8) is 0 Å². The normalized spacial score (nSPS) is 27.3. The second kappa shape index (κ2) is 4.29. The molecular formula is C12H15N4O3+. The van der Waals surface area contributed by atoms with Crippen molar-refractivity contribution in [2.75, 3.05) is 6.61 Å². The van der Waals surface area contributed by atoms with Crippen molar-refractivity contribution in [3.05, 3.63) is 35.2 Å². The fourth-order valence-electron chi connectivity index (χ4n) is 2.63. The molecule has 0 radical (unpaired) electrons. The molecule has 0 aliphatic heterocycles.